The molecule has 1 atom stereocenters. The van der Waals surface area contributed by atoms with E-state index < -0.39 is 27.9 Å². The first-order valence-corrected chi connectivity index (χ1v) is 9.73. The molecule has 24 heavy (non-hydrogen) atoms. The lowest BCUT2D eigenvalue weighted by molar-refractivity contribution is -0.130. The van der Waals surface area contributed by atoms with Gasteiger partial charge < -0.3 is 5.32 Å². The van der Waals surface area contributed by atoms with Crippen LogP contribution in [0.3, 0.4) is 0 Å². The lowest BCUT2D eigenvalue weighted by Crippen LogP contribution is -2.47. The predicted molar refractivity (Wildman–Crippen MR) is 90.8 cm³/mol. The number of nitrogens with one attached hydrogen (secondary N) is 1. The highest BCUT2D eigenvalue weighted by atomic mass is 32.2. The van der Waals surface area contributed by atoms with E-state index in [1.165, 1.54) is 12.1 Å². The number of aryl methyl sites for hydroxylation is 1. The van der Waals surface area contributed by atoms with Gasteiger partial charge in [0.25, 0.3) is 10.0 Å². The van der Waals surface area contributed by atoms with Gasteiger partial charge in [0, 0.05) is 13.0 Å². The smallest absolute Gasteiger partial charge is 0.267 e. The summed E-state index contributed by atoms with van der Waals surface area (Å²) in [6.45, 7) is 4.41. The molecule has 0 aliphatic carbocycles. The molecule has 132 valence electrons. The van der Waals surface area contributed by atoms with Gasteiger partial charge >= 0.3 is 0 Å². The Morgan fingerprint density at radius 2 is 1.92 bits per heavy atom. The number of rotatable bonds is 7. The molecule has 0 spiro atoms. The zero-order valence-electron chi connectivity index (χ0n) is 14.1. The average Bonchev–Trinajstić information content (AvgIpc) is 2.94. The van der Waals surface area contributed by atoms with Crippen LogP contribution in [0.5, 0.6) is 0 Å². The SMILES string of the molecule is CCCCCNC(=O)[C@H]1CCC(=O)N1S(=O)(=O)c1ccc(C)cc1. The maximum atomic E-state index is 12.8. The fraction of sp³-hybridized carbons (Fsp3) is 0.529. The molecule has 1 aromatic rings. The number of benzene rings is 1. The Labute approximate surface area is 143 Å². The Bertz CT molecular complexity index is 698. The van der Waals surface area contributed by atoms with Crippen molar-refractivity contribution in [2.24, 2.45) is 0 Å². The molecule has 1 aliphatic rings. The summed E-state index contributed by atoms with van der Waals surface area (Å²) in [7, 11) is -4.01. The van der Waals surface area contributed by atoms with Crippen molar-refractivity contribution in [2.45, 2.75) is 56.9 Å². The van der Waals surface area contributed by atoms with Crippen molar-refractivity contribution in [2.75, 3.05) is 6.54 Å². The number of carbonyl (C=O) groups excluding carboxylic acids is 2. The van der Waals surface area contributed by atoms with Gasteiger partial charge in [-0.2, -0.15) is 0 Å². The van der Waals surface area contributed by atoms with E-state index in [0.717, 1.165) is 29.1 Å². The molecule has 1 aromatic carbocycles. The molecule has 0 aromatic heterocycles. The number of carbonyl (C=O) groups is 2. The number of amides is 2. The summed E-state index contributed by atoms with van der Waals surface area (Å²) >= 11 is 0. The van der Waals surface area contributed by atoms with Crippen LogP contribution in [0.15, 0.2) is 29.2 Å². The van der Waals surface area contributed by atoms with Gasteiger partial charge in [0.2, 0.25) is 11.8 Å². The van der Waals surface area contributed by atoms with Crippen molar-refractivity contribution in [1.29, 1.82) is 0 Å². The van der Waals surface area contributed by atoms with Crippen LogP contribution in [0.1, 0.15) is 44.6 Å². The van der Waals surface area contributed by atoms with Crippen LogP contribution in [0, 0.1) is 6.92 Å². The third-order valence-electron chi connectivity index (χ3n) is 4.12. The summed E-state index contributed by atoms with van der Waals surface area (Å²) < 4.78 is 26.3. The Balaban J connectivity index is 2.17. The van der Waals surface area contributed by atoms with Gasteiger partial charge in [-0.1, -0.05) is 37.5 Å². The lowest BCUT2D eigenvalue weighted by Gasteiger charge is -2.23. The topological polar surface area (TPSA) is 83.6 Å². The van der Waals surface area contributed by atoms with Crippen molar-refractivity contribution >= 4 is 21.8 Å². The van der Waals surface area contributed by atoms with E-state index >= 15 is 0 Å². The third-order valence-corrected chi connectivity index (χ3v) is 5.96. The zero-order chi connectivity index (χ0) is 17.7. The summed E-state index contributed by atoms with van der Waals surface area (Å²) in [5.41, 5.74) is 0.923. The molecule has 1 aliphatic heterocycles. The first kappa shape index (κ1) is 18.4. The summed E-state index contributed by atoms with van der Waals surface area (Å²) in [6.07, 6.45) is 3.16. The third kappa shape index (κ3) is 3.95. The van der Waals surface area contributed by atoms with Crippen LogP contribution in [0.25, 0.3) is 0 Å². The fourth-order valence-electron chi connectivity index (χ4n) is 2.73. The van der Waals surface area contributed by atoms with Gasteiger partial charge in [0.1, 0.15) is 6.04 Å². The lowest BCUT2D eigenvalue weighted by atomic mass is 10.2. The molecule has 6 nitrogen and oxygen atoms in total. The maximum absolute atomic E-state index is 12.8. The van der Waals surface area contributed by atoms with Crippen molar-refractivity contribution in [3.63, 3.8) is 0 Å². The molecule has 1 heterocycles. The van der Waals surface area contributed by atoms with Gasteiger partial charge in [0.05, 0.1) is 4.90 Å². The maximum Gasteiger partial charge on any atom is 0.267 e. The number of hydrogen-bond acceptors (Lipinski definition) is 4. The van der Waals surface area contributed by atoms with E-state index in [2.05, 4.69) is 12.2 Å². The van der Waals surface area contributed by atoms with E-state index in [1.807, 2.05) is 6.92 Å². The minimum Gasteiger partial charge on any atom is -0.354 e. The van der Waals surface area contributed by atoms with Crippen LogP contribution in [-0.2, 0) is 19.6 Å². The minimum absolute atomic E-state index is 0.0344. The second-order valence-electron chi connectivity index (χ2n) is 6.06. The van der Waals surface area contributed by atoms with E-state index in [-0.39, 0.29) is 17.7 Å². The number of nitrogens with zero attached hydrogens (tertiary/aromatic N) is 1. The highest BCUT2D eigenvalue weighted by Crippen LogP contribution is 2.27. The van der Waals surface area contributed by atoms with Gasteiger partial charge in [-0.25, -0.2) is 12.7 Å². The first-order valence-electron chi connectivity index (χ1n) is 8.29. The largest absolute Gasteiger partial charge is 0.354 e. The number of unbranched alkanes of at least 4 members (excludes halogenated alkanes) is 2. The Kier molecular flexibility index (Phi) is 5.99. The normalized spacial score (nSPS) is 18.0. The second-order valence-corrected chi connectivity index (χ2v) is 7.88. The standard InChI is InChI=1S/C17H24N2O4S/c1-3-4-5-12-18-17(21)15-10-11-16(20)19(15)24(22,23)14-8-6-13(2)7-9-14/h6-9,15H,3-5,10-12H2,1-2H3,(H,18,21)/t15-/m1/s1. The van der Waals surface area contributed by atoms with Crippen LogP contribution in [-0.4, -0.2) is 37.1 Å². The molecule has 1 saturated heterocycles. The first-order chi connectivity index (χ1) is 11.4. The molecule has 0 saturated carbocycles. The summed E-state index contributed by atoms with van der Waals surface area (Å²) in [6, 6.07) is 5.32. The Morgan fingerprint density at radius 1 is 1.25 bits per heavy atom. The quantitative estimate of drug-likeness (QED) is 0.761. The molecule has 0 bridgehead atoms. The molecule has 1 N–H and O–H groups in total. The van der Waals surface area contributed by atoms with Gasteiger partial charge in [-0.15, -0.1) is 0 Å². The minimum atomic E-state index is -4.01. The van der Waals surface area contributed by atoms with Crippen LogP contribution in [0.4, 0.5) is 0 Å². The summed E-state index contributed by atoms with van der Waals surface area (Å²) in [4.78, 5) is 24.5. The van der Waals surface area contributed by atoms with Gasteiger partial charge in [-0.3, -0.25) is 9.59 Å². The van der Waals surface area contributed by atoms with Crippen molar-refractivity contribution in [1.82, 2.24) is 9.62 Å². The van der Waals surface area contributed by atoms with Crippen LogP contribution >= 0.6 is 0 Å². The highest BCUT2D eigenvalue weighted by Gasteiger charge is 2.44. The van der Waals surface area contributed by atoms with Crippen molar-refractivity contribution < 1.29 is 18.0 Å². The molecular weight excluding hydrogens is 328 g/mol. The average molecular weight is 352 g/mol. The fourth-order valence-corrected chi connectivity index (χ4v) is 4.33. The zero-order valence-corrected chi connectivity index (χ0v) is 14.9. The molecular formula is C17H24N2O4S. The van der Waals surface area contributed by atoms with E-state index in [1.54, 1.807) is 12.1 Å². The molecule has 7 heteroatoms. The van der Waals surface area contributed by atoms with E-state index in [0.29, 0.717) is 6.54 Å². The molecule has 1 fully saturated rings. The van der Waals surface area contributed by atoms with Gasteiger partial charge in [-0.05, 0) is 31.9 Å². The van der Waals surface area contributed by atoms with Crippen LogP contribution < -0.4 is 5.32 Å². The highest BCUT2D eigenvalue weighted by molar-refractivity contribution is 7.89. The Morgan fingerprint density at radius 3 is 2.54 bits per heavy atom. The van der Waals surface area contributed by atoms with Crippen molar-refractivity contribution in [3.8, 4) is 0 Å². The second kappa shape index (κ2) is 7.79. The summed E-state index contributed by atoms with van der Waals surface area (Å²) in [5.74, 6) is -0.920. The van der Waals surface area contributed by atoms with E-state index in [4.69, 9.17) is 0 Å². The predicted octanol–water partition coefficient (Wildman–Crippen LogP) is 1.98. The molecule has 2 amide bonds. The molecule has 0 unspecified atom stereocenters. The number of sulfonamides is 1. The summed E-state index contributed by atoms with van der Waals surface area (Å²) in [5, 5.41) is 2.75. The van der Waals surface area contributed by atoms with Crippen molar-refractivity contribution in [3.05, 3.63) is 29.8 Å². The Hall–Kier alpha value is -1.89. The van der Waals surface area contributed by atoms with Crippen LogP contribution in [0.2, 0.25) is 0 Å². The number of hydrogen-bond donors (Lipinski definition) is 1. The van der Waals surface area contributed by atoms with Gasteiger partial charge in [0.15, 0.2) is 0 Å². The molecule has 2 rings (SSSR count). The monoisotopic (exact) mass is 352 g/mol. The van der Waals surface area contributed by atoms with E-state index in [9.17, 15) is 18.0 Å². The molecule has 0 radical (unpaired) electrons.